The fourth-order valence-electron chi connectivity index (χ4n) is 3.12. The number of H-pyrrole nitrogens is 1. The van der Waals surface area contributed by atoms with E-state index in [-0.39, 0.29) is 17.9 Å². The molecule has 2 amide bonds. The average Bonchev–Trinajstić information content (AvgIpc) is 3.23. The maximum atomic E-state index is 12.0. The molecule has 1 atom stereocenters. The van der Waals surface area contributed by atoms with Crippen LogP contribution in [-0.2, 0) is 16.0 Å². The summed E-state index contributed by atoms with van der Waals surface area (Å²) in [5, 5.41) is 2.70. The molecule has 0 aliphatic carbocycles. The molecule has 3 rings (SSSR count). The van der Waals surface area contributed by atoms with Crippen LogP contribution in [0.15, 0.2) is 18.5 Å². The van der Waals surface area contributed by atoms with Crippen LogP contribution in [0.4, 0.5) is 5.95 Å². The highest BCUT2D eigenvalue weighted by Crippen LogP contribution is 2.30. The van der Waals surface area contributed by atoms with Crippen LogP contribution in [0.2, 0.25) is 0 Å². The van der Waals surface area contributed by atoms with Gasteiger partial charge in [0, 0.05) is 43.7 Å². The van der Waals surface area contributed by atoms with Gasteiger partial charge in [-0.2, -0.15) is 0 Å². The van der Waals surface area contributed by atoms with E-state index in [0.717, 1.165) is 30.8 Å². The molecule has 8 heteroatoms. The van der Waals surface area contributed by atoms with Gasteiger partial charge in [0.2, 0.25) is 17.8 Å². The Bertz CT molecular complexity index is 759. The van der Waals surface area contributed by atoms with Crippen molar-refractivity contribution >= 4 is 17.8 Å². The number of aromatic amines is 1. The van der Waals surface area contributed by atoms with Gasteiger partial charge in [-0.3, -0.25) is 14.9 Å². The Morgan fingerprint density at radius 2 is 2.24 bits per heavy atom. The second-order valence-corrected chi connectivity index (χ2v) is 6.22. The SMILES string of the molecule is CC(=O)N1CCCC1c1nc(C)cc(CCC(=O)Nc2ncc[nH]2)n1. The van der Waals surface area contributed by atoms with Crippen molar-refractivity contribution < 1.29 is 9.59 Å². The fourth-order valence-corrected chi connectivity index (χ4v) is 3.12. The Balaban J connectivity index is 1.67. The van der Waals surface area contributed by atoms with Gasteiger partial charge in [-0.15, -0.1) is 0 Å². The van der Waals surface area contributed by atoms with Crippen molar-refractivity contribution in [3.63, 3.8) is 0 Å². The largest absolute Gasteiger partial charge is 0.333 e. The molecule has 3 heterocycles. The molecule has 2 aromatic heterocycles. The molecule has 0 saturated carbocycles. The quantitative estimate of drug-likeness (QED) is 0.862. The average molecular weight is 342 g/mol. The lowest BCUT2D eigenvalue weighted by molar-refractivity contribution is -0.129. The Labute approximate surface area is 146 Å². The molecule has 0 aromatic carbocycles. The number of anilines is 1. The van der Waals surface area contributed by atoms with Crippen molar-refractivity contribution in [2.75, 3.05) is 11.9 Å². The fraction of sp³-hybridized carbons (Fsp3) is 0.471. The lowest BCUT2D eigenvalue weighted by Crippen LogP contribution is -2.29. The molecule has 1 aliphatic heterocycles. The van der Waals surface area contributed by atoms with Gasteiger partial charge in [0.05, 0.1) is 6.04 Å². The molecule has 0 radical (unpaired) electrons. The number of nitrogens with zero attached hydrogens (tertiary/aromatic N) is 4. The van der Waals surface area contributed by atoms with Gasteiger partial charge in [-0.25, -0.2) is 15.0 Å². The summed E-state index contributed by atoms with van der Waals surface area (Å²) in [5.74, 6) is 1.03. The zero-order valence-corrected chi connectivity index (χ0v) is 14.5. The number of hydrogen-bond acceptors (Lipinski definition) is 5. The number of carbonyl (C=O) groups is 2. The van der Waals surface area contributed by atoms with E-state index in [4.69, 9.17) is 0 Å². The lowest BCUT2D eigenvalue weighted by atomic mass is 10.1. The minimum Gasteiger partial charge on any atom is -0.333 e. The Hall–Kier alpha value is -2.77. The van der Waals surface area contributed by atoms with E-state index < -0.39 is 0 Å². The van der Waals surface area contributed by atoms with Gasteiger partial charge in [-0.05, 0) is 32.3 Å². The van der Waals surface area contributed by atoms with Gasteiger partial charge < -0.3 is 9.88 Å². The van der Waals surface area contributed by atoms with E-state index >= 15 is 0 Å². The van der Waals surface area contributed by atoms with Crippen LogP contribution in [0.1, 0.15) is 49.4 Å². The monoisotopic (exact) mass is 342 g/mol. The van der Waals surface area contributed by atoms with Gasteiger partial charge in [-0.1, -0.05) is 0 Å². The number of rotatable bonds is 5. The molecule has 1 fully saturated rings. The molecule has 1 saturated heterocycles. The first-order valence-electron chi connectivity index (χ1n) is 8.44. The molecule has 2 aromatic rings. The topological polar surface area (TPSA) is 104 Å². The minimum absolute atomic E-state index is 0.0481. The third-order valence-corrected chi connectivity index (χ3v) is 4.24. The van der Waals surface area contributed by atoms with Crippen molar-refractivity contribution in [3.8, 4) is 0 Å². The number of imidazole rings is 1. The molecule has 8 nitrogen and oxygen atoms in total. The van der Waals surface area contributed by atoms with E-state index in [9.17, 15) is 9.59 Å². The van der Waals surface area contributed by atoms with Gasteiger partial charge in [0.25, 0.3) is 0 Å². The highest BCUT2D eigenvalue weighted by molar-refractivity contribution is 5.88. The van der Waals surface area contributed by atoms with E-state index in [1.165, 1.54) is 0 Å². The number of hydrogen-bond donors (Lipinski definition) is 2. The first-order chi connectivity index (χ1) is 12.0. The van der Waals surface area contributed by atoms with Crippen molar-refractivity contribution in [1.82, 2.24) is 24.8 Å². The van der Waals surface area contributed by atoms with E-state index in [0.29, 0.717) is 24.6 Å². The van der Waals surface area contributed by atoms with E-state index in [1.807, 2.05) is 17.9 Å². The smallest absolute Gasteiger partial charge is 0.227 e. The van der Waals surface area contributed by atoms with Gasteiger partial charge in [0.1, 0.15) is 0 Å². The summed E-state index contributed by atoms with van der Waals surface area (Å²) in [6.07, 6.45) is 5.88. The highest BCUT2D eigenvalue weighted by atomic mass is 16.2. The van der Waals surface area contributed by atoms with Crippen molar-refractivity contribution in [2.24, 2.45) is 0 Å². The zero-order chi connectivity index (χ0) is 17.8. The molecule has 0 spiro atoms. The standard InChI is InChI=1S/C17H22N6O2/c1-11-10-13(5-6-15(25)22-17-18-7-8-19-17)21-16(20-11)14-4-3-9-23(14)12(2)24/h7-8,10,14H,3-6,9H2,1-2H3,(H2,18,19,22,25). The molecule has 0 bridgehead atoms. The van der Waals surface area contributed by atoms with Crippen LogP contribution in [0.25, 0.3) is 0 Å². The van der Waals surface area contributed by atoms with Crippen LogP contribution in [0, 0.1) is 6.92 Å². The Kier molecular flexibility index (Phi) is 5.06. The van der Waals surface area contributed by atoms with Crippen LogP contribution >= 0.6 is 0 Å². The van der Waals surface area contributed by atoms with Crippen molar-refractivity contribution in [3.05, 3.63) is 35.7 Å². The second kappa shape index (κ2) is 7.42. The molecule has 1 unspecified atom stereocenters. The third-order valence-electron chi connectivity index (χ3n) is 4.24. The predicted molar refractivity (Wildman–Crippen MR) is 91.7 cm³/mol. The van der Waals surface area contributed by atoms with Crippen LogP contribution in [-0.4, -0.2) is 43.2 Å². The maximum absolute atomic E-state index is 12.0. The molecule has 2 N–H and O–H groups in total. The Morgan fingerprint density at radius 3 is 2.96 bits per heavy atom. The van der Waals surface area contributed by atoms with Crippen molar-refractivity contribution in [1.29, 1.82) is 0 Å². The lowest BCUT2D eigenvalue weighted by Gasteiger charge is -2.22. The molecule has 1 aliphatic rings. The van der Waals surface area contributed by atoms with E-state index in [1.54, 1.807) is 19.3 Å². The summed E-state index contributed by atoms with van der Waals surface area (Å²) < 4.78 is 0. The number of aromatic nitrogens is 4. The number of aryl methyl sites for hydroxylation is 2. The minimum atomic E-state index is -0.126. The number of amides is 2. The first kappa shape index (κ1) is 17.1. The van der Waals surface area contributed by atoms with Crippen LogP contribution < -0.4 is 5.32 Å². The van der Waals surface area contributed by atoms with E-state index in [2.05, 4.69) is 25.3 Å². The van der Waals surface area contributed by atoms with Gasteiger partial charge in [0.15, 0.2) is 5.82 Å². The van der Waals surface area contributed by atoms with Crippen molar-refractivity contribution in [2.45, 2.75) is 45.6 Å². The third kappa shape index (κ3) is 4.20. The molecule has 132 valence electrons. The molecular weight excluding hydrogens is 320 g/mol. The number of nitrogens with one attached hydrogen (secondary N) is 2. The first-order valence-corrected chi connectivity index (χ1v) is 8.44. The number of carbonyl (C=O) groups excluding carboxylic acids is 2. The maximum Gasteiger partial charge on any atom is 0.227 e. The predicted octanol–water partition coefficient (Wildman–Crippen LogP) is 1.76. The molecular formula is C17H22N6O2. The summed E-state index contributed by atoms with van der Waals surface area (Å²) in [6.45, 7) is 4.23. The van der Waals surface area contributed by atoms with Gasteiger partial charge >= 0.3 is 0 Å². The van der Waals surface area contributed by atoms with Crippen LogP contribution in [0.3, 0.4) is 0 Å². The summed E-state index contributed by atoms with van der Waals surface area (Å²) >= 11 is 0. The highest BCUT2D eigenvalue weighted by Gasteiger charge is 2.30. The summed E-state index contributed by atoms with van der Waals surface area (Å²) in [4.78, 5) is 41.5. The summed E-state index contributed by atoms with van der Waals surface area (Å²) in [5.41, 5.74) is 1.66. The number of likely N-dealkylation sites (tertiary alicyclic amines) is 1. The molecule has 25 heavy (non-hydrogen) atoms. The van der Waals surface area contributed by atoms with Crippen LogP contribution in [0.5, 0.6) is 0 Å². The normalized spacial score (nSPS) is 16.9. The summed E-state index contributed by atoms with van der Waals surface area (Å²) in [6, 6.07) is 1.82. The second-order valence-electron chi connectivity index (χ2n) is 6.22. The summed E-state index contributed by atoms with van der Waals surface area (Å²) in [7, 11) is 0. The zero-order valence-electron chi connectivity index (χ0n) is 14.5. The Morgan fingerprint density at radius 1 is 1.40 bits per heavy atom.